The molecule has 0 saturated carbocycles. The minimum absolute atomic E-state index is 0.0821. The van der Waals surface area contributed by atoms with Crippen molar-refractivity contribution < 1.29 is 13.5 Å². The van der Waals surface area contributed by atoms with E-state index in [9.17, 15) is 8.78 Å². The van der Waals surface area contributed by atoms with Crippen LogP contribution in [-0.4, -0.2) is 67.7 Å². The van der Waals surface area contributed by atoms with Crippen molar-refractivity contribution in [2.24, 2.45) is 0 Å². The Hall–Kier alpha value is -3.21. The Labute approximate surface area is 243 Å². The average Bonchev–Trinajstić information content (AvgIpc) is 3.65. The van der Waals surface area contributed by atoms with E-state index in [0.29, 0.717) is 36.6 Å². The van der Waals surface area contributed by atoms with Gasteiger partial charge in [0.05, 0.1) is 18.7 Å². The molecule has 1 unspecified atom stereocenters. The Balaban J connectivity index is 1.36. The van der Waals surface area contributed by atoms with Crippen LogP contribution in [0.25, 0.3) is 11.2 Å². The molecule has 2 aliphatic heterocycles. The van der Waals surface area contributed by atoms with Crippen LogP contribution in [0.2, 0.25) is 5.28 Å². The van der Waals surface area contributed by atoms with Gasteiger partial charge in [-0.2, -0.15) is 9.97 Å². The molecule has 216 valence electrons. The zero-order valence-electron chi connectivity index (χ0n) is 23.3. The van der Waals surface area contributed by atoms with Gasteiger partial charge >= 0.3 is 0 Å². The van der Waals surface area contributed by atoms with Gasteiger partial charge in [0.25, 0.3) is 0 Å². The first-order chi connectivity index (χ1) is 19.9. The molecule has 0 bridgehead atoms. The second-order valence-corrected chi connectivity index (χ2v) is 11.2. The molecule has 4 aromatic rings. The molecular weight excluding hydrogens is 548 g/mol. The lowest BCUT2D eigenvalue weighted by molar-refractivity contribution is 0.0944. The van der Waals surface area contributed by atoms with E-state index in [-0.39, 0.29) is 41.1 Å². The summed E-state index contributed by atoms with van der Waals surface area (Å²) in [5.74, 6) is 0.114. The zero-order valence-corrected chi connectivity index (χ0v) is 24.0. The fourth-order valence-corrected chi connectivity index (χ4v) is 6.41. The summed E-state index contributed by atoms with van der Waals surface area (Å²) >= 11 is 6.49. The molecule has 0 radical (unpaired) electrons. The number of halogens is 3. The van der Waals surface area contributed by atoms with Crippen LogP contribution in [0.5, 0.6) is 0 Å². The van der Waals surface area contributed by atoms with Crippen LogP contribution in [0.1, 0.15) is 56.7 Å². The third-order valence-corrected chi connectivity index (χ3v) is 8.54. The Kier molecular flexibility index (Phi) is 8.14. The van der Waals surface area contributed by atoms with Crippen LogP contribution < -0.4 is 4.90 Å². The van der Waals surface area contributed by atoms with Crippen molar-refractivity contribution in [1.29, 1.82) is 0 Å². The summed E-state index contributed by atoms with van der Waals surface area (Å²) in [7, 11) is 0. The highest BCUT2D eigenvalue weighted by Gasteiger charge is 2.39. The number of anilines is 1. The zero-order chi connectivity index (χ0) is 28.5. The quantitative estimate of drug-likeness (QED) is 0.244. The van der Waals surface area contributed by atoms with Crippen molar-refractivity contribution in [3.8, 4) is 0 Å². The molecule has 2 aromatic heterocycles. The van der Waals surface area contributed by atoms with Crippen LogP contribution in [0.4, 0.5) is 14.6 Å². The third kappa shape index (κ3) is 5.65. The first-order valence-electron chi connectivity index (χ1n) is 14.4. The van der Waals surface area contributed by atoms with Gasteiger partial charge in [0.2, 0.25) is 5.28 Å². The maximum absolute atomic E-state index is 13.9. The number of hydrogen-bond donors (Lipinski definition) is 0. The minimum Gasteiger partial charge on any atom is -0.376 e. The SMILES string of the molecule is CC[C@H]1CN(C(c2ccc(F)cc2)c2ccc(F)cc2)[C@H](CC)CN1c1nc(Cl)nc2c1nnn2CC1CCCO1. The van der Waals surface area contributed by atoms with Crippen molar-refractivity contribution >= 4 is 28.6 Å². The van der Waals surface area contributed by atoms with E-state index >= 15 is 0 Å². The number of hydrogen-bond acceptors (Lipinski definition) is 7. The van der Waals surface area contributed by atoms with Crippen LogP contribution in [0.15, 0.2) is 48.5 Å². The Morgan fingerprint density at radius 2 is 1.59 bits per heavy atom. The third-order valence-electron chi connectivity index (χ3n) is 8.37. The van der Waals surface area contributed by atoms with E-state index in [4.69, 9.17) is 16.3 Å². The summed E-state index contributed by atoms with van der Waals surface area (Å²) in [4.78, 5) is 13.9. The lowest BCUT2D eigenvalue weighted by Gasteiger charge is -2.49. The summed E-state index contributed by atoms with van der Waals surface area (Å²) in [5, 5.41) is 9.08. The van der Waals surface area contributed by atoms with Gasteiger partial charge in [-0.3, -0.25) is 4.90 Å². The van der Waals surface area contributed by atoms with E-state index in [0.717, 1.165) is 43.4 Å². The second-order valence-electron chi connectivity index (χ2n) is 10.9. The molecular formula is C30H34ClF2N7O. The predicted octanol–water partition coefficient (Wildman–Crippen LogP) is 5.80. The second kappa shape index (κ2) is 12.0. The number of benzene rings is 2. The van der Waals surface area contributed by atoms with Gasteiger partial charge in [0.1, 0.15) is 11.6 Å². The number of ether oxygens (including phenoxy) is 1. The highest BCUT2D eigenvalue weighted by molar-refractivity contribution is 6.28. The van der Waals surface area contributed by atoms with Crippen molar-refractivity contribution in [2.75, 3.05) is 24.6 Å². The lowest BCUT2D eigenvalue weighted by atomic mass is 9.91. The molecule has 0 spiro atoms. The fraction of sp³-hybridized carbons (Fsp3) is 0.467. The molecule has 2 fully saturated rings. The van der Waals surface area contributed by atoms with Crippen LogP contribution in [0, 0.1) is 11.6 Å². The first kappa shape index (κ1) is 27.9. The van der Waals surface area contributed by atoms with Gasteiger partial charge in [0, 0.05) is 31.8 Å². The number of nitrogens with zero attached hydrogens (tertiary/aromatic N) is 7. The average molecular weight is 582 g/mol. The number of fused-ring (bicyclic) bond motifs is 1. The monoisotopic (exact) mass is 581 g/mol. The van der Waals surface area contributed by atoms with Crippen LogP contribution >= 0.6 is 11.6 Å². The molecule has 3 atom stereocenters. The molecule has 0 aliphatic carbocycles. The predicted molar refractivity (Wildman–Crippen MR) is 154 cm³/mol. The fourth-order valence-electron chi connectivity index (χ4n) is 6.25. The Morgan fingerprint density at radius 3 is 2.17 bits per heavy atom. The van der Waals surface area contributed by atoms with E-state index in [1.807, 2.05) is 24.3 Å². The number of piperazine rings is 1. The van der Waals surface area contributed by atoms with Gasteiger partial charge in [0.15, 0.2) is 17.0 Å². The largest absolute Gasteiger partial charge is 0.376 e. The van der Waals surface area contributed by atoms with Crippen LogP contribution in [0.3, 0.4) is 0 Å². The standard InChI is InChI=1S/C30H34ClF2N7O/c1-3-23-17-39(28-26-29(35-30(31)34-28)40(37-36-26)18-25-6-5-15-41-25)24(4-2)16-38(23)27(19-7-11-21(32)12-8-19)20-9-13-22(33)14-10-20/h7-14,23-25,27H,3-6,15-18H2,1-2H3/t23-,24+,25?/m1/s1. The molecule has 2 aromatic carbocycles. The highest BCUT2D eigenvalue weighted by atomic mass is 35.5. The maximum atomic E-state index is 13.9. The number of rotatable bonds is 8. The number of aromatic nitrogens is 5. The van der Waals surface area contributed by atoms with Crippen LogP contribution in [-0.2, 0) is 11.3 Å². The summed E-state index contributed by atoms with van der Waals surface area (Å²) in [6.45, 7) is 7.03. The smallest absolute Gasteiger partial charge is 0.226 e. The van der Waals surface area contributed by atoms with Gasteiger partial charge in [-0.25, -0.2) is 13.5 Å². The lowest BCUT2D eigenvalue weighted by Crippen LogP contribution is -2.59. The summed E-state index contributed by atoms with van der Waals surface area (Å²) < 4.78 is 35.4. The molecule has 2 aliphatic rings. The molecule has 8 nitrogen and oxygen atoms in total. The van der Waals surface area contributed by atoms with Gasteiger partial charge in [-0.05, 0) is 72.7 Å². The van der Waals surface area contributed by atoms with Crippen molar-refractivity contribution in [3.05, 3.63) is 76.6 Å². The molecule has 0 amide bonds. The minimum atomic E-state index is -0.285. The van der Waals surface area contributed by atoms with Crippen molar-refractivity contribution in [1.82, 2.24) is 29.9 Å². The molecule has 2 saturated heterocycles. The maximum Gasteiger partial charge on any atom is 0.226 e. The van der Waals surface area contributed by atoms with E-state index in [2.05, 4.69) is 43.9 Å². The summed E-state index contributed by atoms with van der Waals surface area (Å²) in [6, 6.07) is 13.3. The van der Waals surface area contributed by atoms with Gasteiger partial charge in [-0.1, -0.05) is 43.3 Å². The van der Waals surface area contributed by atoms with Gasteiger partial charge in [-0.15, -0.1) is 5.10 Å². The Morgan fingerprint density at radius 1 is 0.927 bits per heavy atom. The van der Waals surface area contributed by atoms with E-state index in [1.165, 1.54) is 24.3 Å². The van der Waals surface area contributed by atoms with Gasteiger partial charge < -0.3 is 9.64 Å². The molecule has 41 heavy (non-hydrogen) atoms. The van der Waals surface area contributed by atoms with Crippen molar-refractivity contribution in [3.63, 3.8) is 0 Å². The van der Waals surface area contributed by atoms with E-state index in [1.54, 1.807) is 4.68 Å². The normalized spacial score (nSPS) is 21.8. The summed E-state index contributed by atoms with van der Waals surface area (Å²) in [5.41, 5.74) is 3.16. The van der Waals surface area contributed by atoms with E-state index < -0.39 is 0 Å². The topological polar surface area (TPSA) is 72.2 Å². The first-order valence-corrected chi connectivity index (χ1v) is 14.7. The molecule has 0 N–H and O–H groups in total. The highest BCUT2D eigenvalue weighted by Crippen LogP contribution is 2.37. The molecule has 6 rings (SSSR count). The summed E-state index contributed by atoms with van der Waals surface area (Å²) in [6.07, 6.45) is 3.81. The Bertz CT molecular complexity index is 1430. The molecule has 4 heterocycles. The van der Waals surface area contributed by atoms with Crippen molar-refractivity contribution in [2.45, 2.75) is 70.3 Å². The molecule has 11 heteroatoms.